The Bertz CT molecular complexity index is 709. The highest BCUT2D eigenvalue weighted by Crippen LogP contribution is 2.40. The Morgan fingerprint density at radius 1 is 0.568 bits per heavy atom. The molecule has 0 unspecified atom stereocenters. The van der Waals surface area contributed by atoms with E-state index in [4.69, 9.17) is 10.00 Å². The Morgan fingerprint density at radius 3 is 1.41 bits per heavy atom. The van der Waals surface area contributed by atoms with Gasteiger partial charge >= 0.3 is 0 Å². The largest absolute Gasteiger partial charge is 0.424 e. The van der Waals surface area contributed by atoms with Crippen molar-refractivity contribution >= 4 is 6.08 Å². The molecule has 0 saturated heterocycles. The van der Waals surface area contributed by atoms with Gasteiger partial charge in [0, 0.05) is 0 Å². The van der Waals surface area contributed by atoms with Gasteiger partial charge in [-0.2, -0.15) is 5.26 Å². The van der Waals surface area contributed by atoms with Crippen LogP contribution in [0.3, 0.4) is 0 Å². The summed E-state index contributed by atoms with van der Waals surface area (Å²) in [6, 6.07) is 0.271. The molecule has 208 valence electrons. The fourth-order valence-corrected chi connectivity index (χ4v) is 8.64. The molecule has 4 heteroatoms. The summed E-state index contributed by atoms with van der Waals surface area (Å²) in [6.45, 7) is 0. The molecule has 4 nitrogen and oxygen atoms in total. The van der Waals surface area contributed by atoms with Gasteiger partial charge in [-0.25, -0.2) is 9.79 Å². The van der Waals surface area contributed by atoms with Crippen LogP contribution in [-0.4, -0.2) is 18.2 Å². The van der Waals surface area contributed by atoms with E-state index in [1.807, 2.05) is 6.26 Å². The number of aliphatic imine (C=N–C) groups is 1. The monoisotopic (exact) mass is 510 g/mol. The zero-order valence-corrected chi connectivity index (χ0v) is 23.6. The summed E-state index contributed by atoms with van der Waals surface area (Å²) in [5.74, 6) is 5.73. The topological polar surface area (TPSA) is 62.4 Å². The van der Waals surface area contributed by atoms with Crippen molar-refractivity contribution in [1.82, 2.24) is 0 Å². The minimum Gasteiger partial charge on any atom is -0.424 e. The van der Waals surface area contributed by atoms with Crippen LogP contribution < -0.4 is 0 Å². The Hall–Kier alpha value is -1.33. The summed E-state index contributed by atoms with van der Waals surface area (Å²) < 4.78 is 5.16. The second-order valence-electron chi connectivity index (χ2n) is 13.6. The van der Waals surface area contributed by atoms with Gasteiger partial charge in [0.1, 0.15) is 6.10 Å². The van der Waals surface area contributed by atoms with E-state index in [-0.39, 0.29) is 12.1 Å². The first-order chi connectivity index (χ1) is 18.2. The summed E-state index contributed by atoms with van der Waals surface area (Å²) in [5.41, 5.74) is 0. The van der Waals surface area contributed by atoms with Crippen molar-refractivity contribution in [3.8, 4) is 6.26 Å². The number of unbranched alkanes of at least 4 members (excludes halogenated alkanes) is 2. The average Bonchev–Trinajstić information content (AvgIpc) is 2.93. The smallest absolute Gasteiger partial charge is 0.286 e. The van der Waals surface area contributed by atoms with Gasteiger partial charge in [-0.1, -0.05) is 83.5 Å². The normalized spacial score (nSPS) is 36.7. The standard InChI is InChI=1S/C33H54N2O2/c34-24-37-33-20-16-31(17-21-33)23-29-12-8-27(9-13-29)5-3-1-2-4-26-6-10-28(11-7-26)22-30-14-18-32(19-15-30)35-25-36/h26-33H,1-23H2. The molecule has 0 radical (unpaired) electrons. The van der Waals surface area contributed by atoms with E-state index < -0.39 is 0 Å². The molecule has 0 N–H and O–H groups in total. The molecular weight excluding hydrogens is 456 g/mol. The highest BCUT2D eigenvalue weighted by molar-refractivity contribution is 5.33. The molecule has 0 bridgehead atoms. The lowest BCUT2D eigenvalue weighted by Gasteiger charge is -2.33. The van der Waals surface area contributed by atoms with Gasteiger partial charge in [-0.05, 0) is 99.7 Å². The van der Waals surface area contributed by atoms with E-state index >= 15 is 0 Å². The van der Waals surface area contributed by atoms with Crippen LogP contribution in [0.1, 0.15) is 148 Å². The molecule has 0 atom stereocenters. The molecule has 0 amide bonds. The van der Waals surface area contributed by atoms with Crippen molar-refractivity contribution in [2.45, 2.75) is 160 Å². The van der Waals surface area contributed by atoms with Crippen molar-refractivity contribution < 1.29 is 9.53 Å². The van der Waals surface area contributed by atoms with Gasteiger partial charge in [0.2, 0.25) is 6.08 Å². The molecule has 0 aromatic heterocycles. The van der Waals surface area contributed by atoms with Crippen LogP contribution in [0.5, 0.6) is 0 Å². The van der Waals surface area contributed by atoms with Crippen LogP contribution in [0.15, 0.2) is 4.99 Å². The third-order valence-corrected chi connectivity index (χ3v) is 11.1. The minimum atomic E-state index is 0.208. The predicted molar refractivity (Wildman–Crippen MR) is 150 cm³/mol. The average molecular weight is 511 g/mol. The molecule has 0 spiro atoms. The first kappa shape index (κ1) is 28.7. The highest BCUT2D eigenvalue weighted by atomic mass is 16.5. The van der Waals surface area contributed by atoms with E-state index in [0.29, 0.717) is 0 Å². The van der Waals surface area contributed by atoms with Crippen LogP contribution in [0.4, 0.5) is 0 Å². The number of hydrogen-bond acceptors (Lipinski definition) is 4. The van der Waals surface area contributed by atoms with Crippen LogP contribution in [0.25, 0.3) is 0 Å². The van der Waals surface area contributed by atoms with Gasteiger partial charge in [-0.15, -0.1) is 0 Å². The number of rotatable bonds is 12. The third-order valence-electron chi connectivity index (χ3n) is 11.1. The number of nitriles is 1. The van der Waals surface area contributed by atoms with Crippen molar-refractivity contribution in [3.63, 3.8) is 0 Å². The molecule has 0 aromatic rings. The van der Waals surface area contributed by atoms with E-state index in [0.717, 1.165) is 61.2 Å². The lowest BCUT2D eigenvalue weighted by Crippen LogP contribution is -2.23. The number of carbonyl (C=O) groups excluding carboxylic acids is 1. The molecule has 0 aromatic carbocycles. The molecule has 4 aliphatic carbocycles. The fraction of sp³-hybridized carbons (Fsp3) is 0.939. The first-order valence-corrected chi connectivity index (χ1v) is 16.3. The lowest BCUT2D eigenvalue weighted by atomic mass is 9.73. The Balaban J connectivity index is 0.970. The minimum absolute atomic E-state index is 0.208. The van der Waals surface area contributed by atoms with Crippen LogP contribution >= 0.6 is 0 Å². The van der Waals surface area contributed by atoms with Crippen molar-refractivity contribution in [2.24, 2.45) is 40.5 Å². The molecule has 4 saturated carbocycles. The van der Waals surface area contributed by atoms with Gasteiger partial charge in [0.15, 0.2) is 0 Å². The van der Waals surface area contributed by atoms with E-state index in [1.54, 1.807) is 6.08 Å². The van der Waals surface area contributed by atoms with Crippen LogP contribution in [-0.2, 0) is 9.53 Å². The molecule has 4 rings (SSSR count). The van der Waals surface area contributed by atoms with Crippen molar-refractivity contribution in [1.29, 1.82) is 5.26 Å². The summed E-state index contributed by atoms with van der Waals surface area (Å²) >= 11 is 0. The molecular formula is C33H54N2O2. The summed E-state index contributed by atoms with van der Waals surface area (Å²) in [5, 5.41) is 8.71. The van der Waals surface area contributed by atoms with E-state index in [2.05, 4.69) is 4.99 Å². The predicted octanol–water partition coefficient (Wildman–Crippen LogP) is 9.28. The molecule has 0 heterocycles. The summed E-state index contributed by atoms with van der Waals surface area (Å²) in [6.07, 6.45) is 35.4. The SMILES string of the molecule is N#COC1CCC(CC2CCC(CCCCCC3CCC(CC4CCC(N=C=O)CC4)CC3)CC2)CC1. The molecule has 37 heavy (non-hydrogen) atoms. The second kappa shape index (κ2) is 15.9. The second-order valence-corrected chi connectivity index (χ2v) is 13.6. The highest BCUT2D eigenvalue weighted by Gasteiger charge is 2.28. The van der Waals surface area contributed by atoms with Gasteiger partial charge in [-0.3, -0.25) is 0 Å². The Labute approximate surface area is 227 Å². The van der Waals surface area contributed by atoms with Crippen molar-refractivity contribution in [2.75, 3.05) is 0 Å². The molecule has 4 aliphatic rings. The van der Waals surface area contributed by atoms with Gasteiger partial charge < -0.3 is 4.74 Å². The van der Waals surface area contributed by atoms with Crippen molar-refractivity contribution in [3.05, 3.63) is 0 Å². The maximum absolute atomic E-state index is 10.5. The number of hydrogen-bond donors (Lipinski definition) is 0. The molecule has 4 fully saturated rings. The lowest BCUT2D eigenvalue weighted by molar-refractivity contribution is 0.0901. The zero-order chi connectivity index (χ0) is 25.7. The first-order valence-electron chi connectivity index (χ1n) is 16.3. The third kappa shape index (κ3) is 10.1. The van der Waals surface area contributed by atoms with Crippen LogP contribution in [0.2, 0.25) is 0 Å². The maximum Gasteiger partial charge on any atom is 0.286 e. The Kier molecular flexibility index (Phi) is 12.3. The number of isocyanates is 1. The van der Waals surface area contributed by atoms with Gasteiger partial charge in [0.25, 0.3) is 6.26 Å². The maximum atomic E-state index is 10.5. The van der Waals surface area contributed by atoms with E-state index in [9.17, 15) is 4.79 Å². The quantitative estimate of drug-likeness (QED) is 0.114. The summed E-state index contributed by atoms with van der Waals surface area (Å²) in [4.78, 5) is 14.4. The number of ether oxygens (including phenoxy) is 1. The Morgan fingerprint density at radius 2 is 0.973 bits per heavy atom. The zero-order valence-electron chi connectivity index (χ0n) is 23.6. The van der Waals surface area contributed by atoms with Gasteiger partial charge in [0.05, 0.1) is 6.04 Å². The fourth-order valence-electron chi connectivity index (χ4n) is 8.64. The number of nitrogens with zero attached hydrogens (tertiary/aromatic N) is 2. The van der Waals surface area contributed by atoms with E-state index in [1.165, 1.54) is 122 Å². The summed E-state index contributed by atoms with van der Waals surface area (Å²) in [7, 11) is 0. The van der Waals surface area contributed by atoms with Crippen LogP contribution in [0, 0.1) is 47.0 Å². The molecule has 0 aliphatic heterocycles.